The lowest BCUT2D eigenvalue weighted by molar-refractivity contribution is -0.139. The van der Waals surface area contributed by atoms with Gasteiger partial charge in [-0.05, 0) is 61.4 Å². The van der Waals surface area contributed by atoms with Gasteiger partial charge in [0.1, 0.15) is 5.75 Å². The van der Waals surface area contributed by atoms with Crippen LogP contribution < -0.4 is 4.74 Å². The third kappa shape index (κ3) is 7.06. The molecule has 0 radical (unpaired) electrons. The van der Waals surface area contributed by atoms with Crippen molar-refractivity contribution in [3.8, 4) is 5.75 Å². The number of nitrogens with zero attached hydrogens (tertiary/aromatic N) is 1. The van der Waals surface area contributed by atoms with Crippen molar-refractivity contribution in [3.05, 3.63) is 54.1 Å². The third-order valence-electron chi connectivity index (χ3n) is 4.17. The average molecular weight is 438 g/mol. The molecule has 2 aromatic carbocycles. The van der Waals surface area contributed by atoms with Gasteiger partial charge in [0.2, 0.25) is 10.0 Å². The standard InChI is InChI=1S/C21H27NO5S2/c1-3-12-22(29(25,26)19-8-5-4-6-9-19)13-7-14-28-18-10-11-20(17(2)15-18)27-16-21(23)24/h4-6,8-11,15H,3,7,12-14,16H2,1-2H3,(H,23,24). The Hall–Kier alpha value is -2.03. The van der Waals surface area contributed by atoms with Gasteiger partial charge in [0.05, 0.1) is 4.90 Å². The number of ether oxygens (including phenoxy) is 1. The lowest BCUT2D eigenvalue weighted by Crippen LogP contribution is -2.33. The Kier molecular flexibility index (Phi) is 9.00. The third-order valence-corrected chi connectivity index (χ3v) is 7.17. The topological polar surface area (TPSA) is 83.9 Å². The Bertz CT molecular complexity index is 901. The van der Waals surface area contributed by atoms with E-state index < -0.39 is 16.0 Å². The van der Waals surface area contributed by atoms with E-state index in [0.29, 0.717) is 23.7 Å². The van der Waals surface area contributed by atoms with Crippen molar-refractivity contribution in [2.45, 2.75) is 36.5 Å². The molecule has 29 heavy (non-hydrogen) atoms. The maximum atomic E-state index is 12.8. The number of aryl methyl sites for hydroxylation is 1. The minimum absolute atomic E-state index is 0.327. The molecule has 2 rings (SSSR count). The van der Waals surface area contributed by atoms with E-state index in [1.165, 1.54) is 0 Å². The molecule has 0 heterocycles. The number of hydrogen-bond donors (Lipinski definition) is 1. The highest BCUT2D eigenvalue weighted by atomic mass is 32.2. The molecule has 0 spiro atoms. The summed E-state index contributed by atoms with van der Waals surface area (Å²) in [4.78, 5) is 12.0. The van der Waals surface area contributed by atoms with Gasteiger partial charge in [-0.1, -0.05) is 25.1 Å². The number of rotatable bonds is 12. The molecule has 0 fully saturated rings. The fourth-order valence-corrected chi connectivity index (χ4v) is 5.31. The molecule has 2 aromatic rings. The molecule has 0 saturated heterocycles. The number of carboxylic acids is 1. The van der Waals surface area contributed by atoms with E-state index >= 15 is 0 Å². The van der Waals surface area contributed by atoms with Crippen molar-refractivity contribution in [2.24, 2.45) is 0 Å². The molecular formula is C21H27NO5S2. The summed E-state index contributed by atoms with van der Waals surface area (Å²) >= 11 is 1.64. The van der Waals surface area contributed by atoms with Gasteiger partial charge < -0.3 is 9.84 Å². The zero-order valence-electron chi connectivity index (χ0n) is 16.7. The van der Waals surface area contributed by atoms with E-state index in [2.05, 4.69) is 0 Å². The first-order valence-corrected chi connectivity index (χ1v) is 11.9. The smallest absolute Gasteiger partial charge is 0.341 e. The van der Waals surface area contributed by atoms with E-state index in [1.807, 2.05) is 26.0 Å². The van der Waals surface area contributed by atoms with E-state index in [0.717, 1.165) is 29.1 Å². The van der Waals surface area contributed by atoms with E-state index in [4.69, 9.17) is 9.84 Å². The van der Waals surface area contributed by atoms with Crippen LogP contribution >= 0.6 is 11.8 Å². The zero-order valence-corrected chi connectivity index (χ0v) is 18.3. The highest BCUT2D eigenvalue weighted by molar-refractivity contribution is 7.99. The fraction of sp³-hybridized carbons (Fsp3) is 0.381. The minimum Gasteiger partial charge on any atom is -0.482 e. The summed E-state index contributed by atoms with van der Waals surface area (Å²) in [6.07, 6.45) is 1.49. The van der Waals surface area contributed by atoms with Crippen molar-refractivity contribution in [3.63, 3.8) is 0 Å². The Morgan fingerprint density at radius 1 is 1.14 bits per heavy atom. The summed E-state index contributed by atoms with van der Waals surface area (Å²) in [6, 6.07) is 14.1. The van der Waals surface area contributed by atoms with Crippen molar-refractivity contribution < 1.29 is 23.1 Å². The molecule has 0 aliphatic heterocycles. The summed E-state index contributed by atoms with van der Waals surface area (Å²) in [5.41, 5.74) is 0.871. The molecule has 0 aromatic heterocycles. The van der Waals surface area contributed by atoms with Crippen molar-refractivity contribution in [1.29, 1.82) is 0 Å². The van der Waals surface area contributed by atoms with E-state index in [1.54, 1.807) is 52.5 Å². The van der Waals surface area contributed by atoms with Gasteiger partial charge in [-0.2, -0.15) is 4.31 Å². The van der Waals surface area contributed by atoms with Gasteiger partial charge in [-0.15, -0.1) is 11.8 Å². The van der Waals surface area contributed by atoms with Crippen LogP contribution in [0.2, 0.25) is 0 Å². The fourth-order valence-electron chi connectivity index (χ4n) is 2.79. The van der Waals surface area contributed by atoms with Gasteiger partial charge in [-0.3, -0.25) is 0 Å². The highest BCUT2D eigenvalue weighted by Gasteiger charge is 2.22. The largest absolute Gasteiger partial charge is 0.482 e. The van der Waals surface area contributed by atoms with E-state index in [9.17, 15) is 13.2 Å². The average Bonchev–Trinajstić information content (AvgIpc) is 2.70. The summed E-state index contributed by atoms with van der Waals surface area (Å²) in [7, 11) is -3.47. The molecule has 0 aliphatic rings. The van der Waals surface area contributed by atoms with Crippen LogP contribution in [0.25, 0.3) is 0 Å². The summed E-state index contributed by atoms with van der Waals surface area (Å²) in [5.74, 6) is 0.323. The van der Waals surface area contributed by atoms with E-state index in [-0.39, 0.29) is 6.61 Å². The van der Waals surface area contributed by atoms with Crippen LogP contribution in [0.3, 0.4) is 0 Å². The molecule has 0 aliphatic carbocycles. The number of carboxylic acid groups (broad SMARTS) is 1. The lowest BCUT2D eigenvalue weighted by atomic mass is 10.2. The molecule has 0 amide bonds. The number of aliphatic carboxylic acids is 1. The molecule has 1 N–H and O–H groups in total. The molecule has 158 valence electrons. The molecule has 6 nitrogen and oxygen atoms in total. The molecule has 0 saturated carbocycles. The predicted octanol–water partition coefficient (Wildman–Crippen LogP) is 4.04. The molecule has 0 atom stereocenters. The van der Waals surface area contributed by atoms with Crippen LogP contribution in [-0.2, 0) is 14.8 Å². The van der Waals surface area contributed by atoms with Crippen LogP contribution in [0.1, 0.15) is 25.3 Å². The lowest BCUT2D eigenvalue weighted by Gasteiger charge is -2.21. The number of carbonyl (C=O) groups is 1. The summed E-state index contributed by atoms with van der Waals surface area (Å²) in [5, 5.41) is 8.70. The van der Waals surface area contributed by atoms with Crippen LogP contribution in [0.4, 0.5) is 0 Å². The number of hydrogen-bond acceptors (Lipinski definition) is 5. The maximum absolute atomic E-state index is 12.8. The normalized spacial score (nSPS) is 11.6. The SMILES string of the molecule is CCCN(CCCSc1ccc(OCC(=O)O)c(C)c1)S(=O)(=O)c1ccccc1. The minimum atomic E-state index is -3.47. The highest BCUT2D eigenvalue weighted by Crippen LogP contribution is 2.26. The Labute approximate surface area is 176 Å². The monoisotopic (exact) mass is 437 g/mol. The van der Waals surface area contributed by atoms with Crippen LogP contribution in [0.15, 0.2) is 58.3 Å². The molecular weight excluding hydrogens is 410 g/mol. The first-order valence-electron chi connectivity index (χ1n) is 9.48. The quantitative estimate of drug-likeness (QED) is 0.398. The second-order valence-electron chi connectivity index (χ2n) is 6.53. The number of sulfonamides is 1. The van der Waals surface area contributed by atoms with Gasteiger partial charge >= 0.3 is 5.97 Å². The van der Waals surface area contributed by atoms with Gasteiger partial charge in [0.15, 0.2) is 6.61 Å². The van der Waals surface area contributed by atoms with Crippen molar-refractivity contribution >= 4 is 27.8 Å². The molecule has 8 heteroatoms. The Morgan fingerprint density at radius 3 is 2.48 bits per heavy atom. The summed E-state index contributed by atoms with van der Waals surface area (Å²) in [6.45, 7) is 4.44. The first kappa shape index (κ1) is 23.3. The number of benzene rings is 2. The molecule has 0 bridgehead atoms. The Morgan fingerprint density at radius 2 is 1.86 bits per heavy atom. The van der Waals surface area contributed by atoms with Crippen LogP contribution in [0.5, 0.6) is 5.75 Å². The second-order valence-corrected chi connectivity index (χ2v) is 9.64. The second kappa shape index (κ2) is 11.2. The van der Waals surface area contributed by atoms with Crippen molar-refractivity contribution in [1.82, 2.24) is 4.31 Å². The van der Waals surface area contributed by atoms with Gasteiger partial charge in [0.25, 0.3) is 0 Å². The zero-order chi connectivity index (χ0) is 21.3. The van der Waals surface area contributed by atoms with Gasteiger partial charge in [-0.25, -0.2) is 13.2 Å². The van der Waals surface area contributed by atoms with Crippen molar-refractivity contribution in [2.75, 3.05) is 25.4 Å². The van der Waals surface area contributed by atoms with Crippen LogP contribution in [0, 0.1) is 6.92 Å². The molecule has 0 unspecified atom stereocenters. The van der Waals surface area contributed by atoms with Gasteiger partial charge in [0, 0.05) is 18.0 Å². The van der Waals surface area contributed by atoms with Crippen LogP contribution in [-0.4, -0.2) is 49.2 Å². The Balaban J connectivity index is 1.90. The summed E-state index contributed by atoms with van der Waals surface area (Å²) < 4.78 is 32.5. The number of thioether (sulfide) groups is 1. The predicted molar refractivity (Wildman–Crippen MR) is 115 cm³/mol. The maximum Gasteiger partial charge on any atom is 0.341 e. The first-order chi connectivity index (χ1) is 13.8.